The molecule has 3 aromatic carbocycles. The summed E-state index contributed by atoms with van der Waals surface area (Å²) in [5, 5.41) is 5.58. The number of amidine groups is 1. The predicted molar refractivity (Wildman–Crippen MR) is 149 cm³/mol. The molecule has 0 aliphatic carbocycles. The molecule has 0 saturated carbocycles. The van der Waals surface area contributed by atoms with Gasteiger partial charge in [-0.1, -0.05) is 68.4 Å². The minimum absolute atomic E-state index is 0.119. The van der Waals surface area contributed by atoms with Gasteiger partial charge in [0.2, 0.25) is 0 Å². The Labute approximate surface area is 211 Å². The highest BCUT2D eigenvalue weighted by molar-refractivity contribution is 6.01. The summed E-state index contributed by atoms with van der Waals surface area (Å²) >= 11 is 0. The molecule has 0 fully saturated rings. The largest absolute Gasteiger partial charge is 0.494 e. The van der Waals surface area contributed by atoms with Crippen LogP contribution in [-0.2, 0) is 5.41 Å². The van der Waals surface area contributed by atoms with Gasteiger partial charge in [0.25, 0.3) is 0 Å². The standard InChI is InChI=1S/C30H29N5O/c1-30(2)22-12-6-9-15-26(22)35(3)28(30)19-20-31-34-29(33-24-14-8-10-16-27(24)36-4)25-18-17-21-11-5-7-13-23(21)32-25/h5-20H,1-4H3,(H,33,34)/b28-19?,31-20+. The van der Waals surface area contributed by atoms with Crippen LogP contribution in [0, 0.1) is 0 Å². The number of nitrogens with zero attached hydrogens (tertiary/aromatic N) is 4. The van der Waals surface area contributed by atoms with Crippen LogP contribution < -0.4 is 15.1 Å². The normalized spacial score (nSPS) is 16.1. The molecule has 180 valence electrons. The minimum Gasteiger partial charge on any atom is -0.494 e. The number of fused-ring (bicyclic) bond motifs is 2. The lowest BCUT2D eigenvalue weighted by Gasteiger charge is -2.23. The summed E-state index contributed by atoms with van der Waals surface area (Å²) in [5.41, 5.74) is 8.97. The second-order valence-corrected chi connectivity index (χ2v) is 9.16. The van der Waals surface area contributed by atoms with E-state index in [9.17, 15) is 0 Å². The Morgan fingerprint density at radius 1 is 0.944 bits per heavy atom. The van der Waals surface area contributed by atoms with Crippen molar-refractivity contribution in [2.45, 2.75) is 19.3 Å². The Hall–Kier alpha value is -4.45. The fourth-order valence-electron chi connectivity index (χ4n) is 4.69. The van der Waals surface area contributed by atoms with Gasteiger partial charge in [0, 0.05) is 35.4 Å². The Balaban J connectivity index is 1.48. The van der Waals surface area contributed by atoms with Crippen LogP contribution >= 0.6 is 0 Å². The average molecular weight is 476 g/mol. The summed E-state index contributed by atoms with van der Waals surface area (Å²) in [6, 6.07) is 28.1. The molecule has 5 rings (SSSR count). The van der Waals surface area contributed by atoms with E-state index in [4.69, 9.17) is 14.7 Å². The lowest BCUT2D eigenvalue weighted by atomic mass is 9.84. The maximum Gasteiger partial charge on any atom is 0.173 e. The Morgan fingerprint density at radius 3 is 2.53 bits per heavy atom. The maximum atomic E-state index is 5.50. The highest BCUT2D eigenvalue weighted by Crippen LogP contribution is 2.46. The summed E-state index contributed by atoms with van der Waals surface area (Å²) in [5.74, 6) is 1.21. The summed E-state index contributed by atoms with van der Waals surface area (Å²) < 4.78 is 5.50. The first-order valence-corrected chi connectivity index (χ1v) is 11.9. The molecule has 0 unspecified atom stereocenters. The fourth-order valence-corrected chi connectivity index (χ4v) is 4.69. The molecule has 6 heteroatoms. The molecule has 2 heterocycles. The quantitative estimate of drug-likeness (QED) is 0.212. The van der Waals surface area contributed by atoms with Gasteiger partial charge >= 0.3 is 0 Å². The van der Waals surface area contributed by atoms with Gasteiger partial charge in [-0.05, 0) is 42.0 Å². The number of ether oxygens (including phenoxy) is 1. The number of rotatable bonds is 5. The van der Waals surface area contributed by atoms with E-state index in [0.717, 1.165) is 10.9 Å². The van der Waals surface area contributed by atoms with E-state index < -0.39 is 0 Å². The van der Waals surface area contributed by atoms with E-state index in [2.05, 4.69) is 60.6 Å². The number of likely N-dealkylation sites (N-methyl/N-ethyl adjacent to an activating group) is 1. The van der Waals surface area contributed by atoms with Crippen LogP contribution in [0.2, 0.25) is 0 Å². The number of hydrogen-bond donors (Lipinski definition) is 1. The smallest absolute Gasteiger partial charge is 0.173 e. The van der Waals surface area contributed by atoms with Gasteiger partial charge in [0.15, 0.2) is 5.84 Å². The predicted octanol–water partition coefficient (Wildman–Crippen LogP) is 6.21. The van der Waals surface area contributed by atoms with Gasteiger partial charge in [0.05, 0.1) is 12.6 Å². The van der Waals surface area contributed by atoms with Gasteiger partial charge in [-0.25, -0.2) is 9.98 Å². The first kappa shape index (κ1) is 23.3. The first-order valence-electron chi connectivity index (χ1n) is 11.9. The van der Waals surface area contributed by atoms with Crippen molar-refractivity contribution in [2.24, 2.45) is 10.1 Å². The molecule has 1 aliphatic rings. The molecule has 1 aliphatic heterocycles. The van der Waals surface area contributed by atoms with E-state index in [1.54, 1.807) is 13.3 Å². The number of anilines is 1. The van der Waals surface area contributed by atoms with Crippen molar-refractivity contribution in [2.75, 3.05) is 19.1 Å². The molecule has 36 heavy (non-hydrogen) atoms. The molecule has 1 aromatic heterocycles. The number of aromatic nitrogens is 1. The van der Waals surface area contributed by atoms with Crippen LogP contribution in [-0.4, -0.2) is 31.2 Å². The second kappa shape index (κ2) is 9.66. The molecular weight excluding hydrogens is 446 g/mol. The Kier molecular flexibility index (Phi) is 6.25. The zero-order valence-electron chi connectivity index (χ0n) is 20.9. The van der Waals surface area contributed by atoms with Crippen molar-refractivity contribution < 1.29 is 4.74 Å². The molecular formula is C30H29N5O. The van der Waals surface area contributed by atoms with Crippen molar-refractivity contribution in [3.05, 3.63) is 108 Å². The van der Waals surface area contributed by atoms with Gasteiger partial charge in [-0.15, -0.1) is 0 Å². The average Bonchev–Trinajstić information content (AvgIpc) is 3.10. The van der Waals surface area contributed by atoms with Gasteiger partial charge in [0.1, 0.15) is 17.1 Å². The number of para-hydroxylation sites is 4. The number of nitrogens with one attached hydrogen (secondary N) is 1. The van der Waals surface area contributed by atoms with Crippen molar-refractivity contribution >= 4 is 34.3 Å². The van der Waals surface area contributed by atoms with E-state index in [0.29, 0.717) is 23.0 Å². The van der Waals surface area contributed by atoms with Crippen molar-refractivity contribution in [3.63, 3.8) is 0 Å². The van der Waals surface area contributed by atoms with Gasteiger partial charge < -0.3 is 9.64 Å². The molecule has 0 saturated heterocycles. The third kappa shape index (κ3) is 4.33. The Bertz CT molecular complexity index is 1500. The summed E-state index contributed by atoms with van der Waals surface area (Å²) in [6.45, 7) is 4.46. The second-order valence-electron chi connectivity index (χ2n) is 9.16. The van der Waals surface area contributed by atoms with Crippen LogP contribution in [0.4, 0.5) is 11.4 Å². The first-order chi connectivity index (χ1) is 17.5. The van der Waals surface area contributed by atoms with Crippen LogP contribution in [0.3, 0.4) is 0 Å². The minimum atomic E-state index is -0.119. The zero-order valence-corrected chi connectivity index (χ0v) is 20.9. The molecule has 0 spiro atoms. The Morgan fingerprint density at radius 2 is 1.69 bits per heavy atom. The van der Waals surface area contributed by atoms with E-state index >= 15 is 0 Å². The summed E-state index contributed by atoms with van der Waals surface area (Å²) in [7, 11) is 3.73. The molecule has 4 aromatic rings. The van der Waals surface area contributed by atoms with Crippen LogP contribution in [0.25, 0.3) is 10.9 Å². The molecule has 6 nitrogen and oxygen atoms in total. The zero-order chi connectivity index (χ0) is 25.1. The number of hydrazone groups is 1. The van der Waals surface area contributed by atoms with Gasteiger partial charge in [-0.2, -0.15) is 5.10 Å². The lowest BCUT2D eigenvalue weighted by Crippen LogP contribution is -2.23. The van der Waals surface area contributed by atoms with Crippen molar-refractivity contribution in [3.8, 4) is 5.75 Å². The van der Waals surface area contributed by atoms with Crippen molar-refractivity contribution in [1.29, 1.82) is 0 Å². The highest BCUT2D eigenvalue weighted by Gasteiger charge is 2.37. The monoisotopic (exact) mass is 475 g/mol. The van der Waals surface area contributed by atoms with Gasteiger partial charge in [-0.3, -0.25) is 5.43 Å². The number of aliphatic imine (C=N–C) groups is 1. The molecule has 0 amide bonds. The topological polar surface area (TPSA) is 62.1 Å². The molecule has 0 atom stereocenters. The molecule has 0 radical (unpaired) electrons. The van der Waals surface area contributed by atoms with Crippen molar-refractivity contribution in [1.82, 2.24) is 10.4 Å². The number of benzene rings is 3. The SMILES string of the molecule is COc1ccccc1N=C(N/N=C/C=C1N(C)c2ccccc2C1(C)C)c1ccc2ccccc2n1. The number of allylic oxidation sites excluding steroid dienone is 2. The van der Waals surface area contributed by atoms with Crippen LogP contribution in [0.5, 0.6) is 5.75 Å². The third-order valence-electron chi connectivity index (χ3n) is 6.58. The number of methoxy groups -OCH3 is 1. The maximum absolute atomic E-state index is 5.50. The summed E-state index contributed by atoms with van der Waals surface area (Å²) in [4.78, 5) is 11.9. The number of pyridine rings is 1. The fraction of sp³-hybridized carbons (Fsp3) is 0.167. The lowest BCUT2D eigenvalue weighted by molar-refractivity contribution is 0.416. The highest BCUT2D eigenvalue weighted by atomic mass is 16.5. The number of hydrogen-bond acceptors (Lipinski definition) is 5. The van der Waals surface area contributed by atoms with E-state index in [-0.39, 0.29) is 5.41 Å². The molecule has 0 bridgehead atoms. The molecule has 1 N–H and O–H groups in total. The third-order valence-corrected chi connectivity index (χ3v) is 6.58. The van der Waals surface area contributed by atoms with E-state index in [1.807, 2.05) is 66.7 Å². The van der Waals surface area contributed by atoms with Crippen LogP contribution in [0.1, 0.15) is 25.1 Å². The van der Waals surface area contributed by atoms with E-state index in [1.165, 1.54) is 16.9 Å². The summed E-state index contributed by atoms with van der Waals surface area (Å²) in [6.07, 6.45) is 3.82. The van der Waals surface area contributed by atoms with Crippen LogP contribution in [0.15, 0.2) is 107 Å².